The van der Waals surface area contributed by atoms with Crippen LogP contribution in [0.2, 0.25) is 5.02 Å². The van der Waals surface area contributed by atoms with Gasteiger partial charge in [-0.15, -0.1) is 0 Å². The molecular weight excluding hydrogens is 200 g/mol. The SMILES string of the molecule is NCC#Cc1ccc(C(N)=O)cc1Cl. The van der Waals surface area contributed by atoms with E-state index >= 15 is 0 Å². The van der Waals surface area contributed by atoms with Crippen LogP contribution in [-0.2, 0) is 0 Å². The molecule has 0 fully saturated rings. The molecule has 0 bridgehead atoms. The Balaban J connectivity index is 3.07. The topological polar surface area (TPSA) is 69.1 Å². The molecule has 14 heavy (non-hydrogen) atoms. The molecule has 4 N–H and O–H groups in total. The van der Waals surface area contributed by atoms with Crippen LogP contribution in [0.4, 0.5) is 0 Å². The van der Waals surface area contributed by atoms with E-state index in [0.717, 1.165) is 0 Å². The molecule has 1 amide bonds. The van der Waals surface area contributed by atoms with E-state index in [0.29, 0.717) is 16.1 Å². The van der Waals surface area contributed by atoms with Gasteiger partial charge in [-0.25, -0.2) is 0 Å². The first kappa shape index (κ1) is 10.6. The van der Waals surface area contributed by atoms with Crippen LogP contribution >= 0.6 is 11.6 Å². The monoisotopic (exact) mass is 208 g/mol. The molecule has 0 aliphatic carbocycles. The minimum absolute atomic E-state index is 0.272. The third-order valence-corrected chi connectivity index (χ3v) is 1.89. The molecule has 0 spiro atoms. The Hall–Kier alpha value is -1.50. The summed E-state index contributed by atoms with van der Waals surface area (Å²) in [6.45, 7) is 0.272. The van der Waals surface area contributed by atoms with Gasteiger partial charge in [0.2, 0.25) is 5.91 Å². The highest BCUT2D eigenvalue weighted by atomic mass is 35.5. The van der Waals surface area contributed by atoms with E-state index in [2.05, 4.69) is 11.8 Å². The maximum Gasteiger partial charge on any atom is 0.248 e. The van der Waals surface area contributed by atoms with Gasteiger partial charge < -0.3 is 11.5 Å². The molecule has 0 unspecified atom stereocenters. The largest absolute Gasteiger partial charge is 0.366 e. The second-order valence-corrected chi connectivity index (χ2v) is 2.97. The minimum Gasteiger partial charge on any atom is -0.366 e. The summed E-state index contributed by atoms with van der Waals surface area (Å²) in [6.07, 6.45) is 0. The van der Waals surface area contributed by atoms with Gasteiger partial charge in [-0.1, -0.05) is 23.4 Å². The number of primary amides is 1. The fraction of sp³-hybridized carbons (Fsp3) is 0.100. The van der Waals surface area contributed by atoms with Gasteiger partial charge in [-0.2, -0.15) is 0 Å². The molecule has 0 aliphatic heterocycles. The first-order valence-electron chi connectivity index (χ1n) is 3.93. The molecule has 0 saturated heterocycles. The molecule has 1 rings (SSSR count). The quantitative estimate of drug-likeness (QED) is 0.669. The fourth-order valence-electron chi connectivity index (χ4n) is 0.916. The Morgan fingerprint density at radius 1 is 1.50 bits per heavy atom. The van der Waals surface area contributed by atoms with E-state index in [1.165, 1.54) is 6.07 Å². The molecule has 3 nitrogen and oxygen atoms in total. The molecule has 0 radical (unpaired) electrons. The van der Waals surface area contributed by atoms with E-state index < -0.39 is 5.91 Å². The Morgan fingerprint density at radius 3 is 2.71 bits per heavy atom. The minimum atomic E-state index is -0.509. The Morgan fingerprint density at radius 2 is 2.21 bits per heavy atom. The molecule has 0 aromatic heterocycles. The maximum absolute atomic E-state index is 10.8. The average Bonchev–Trinajstić information content (AvgIpc) is 2.15. The van der Waals surface area contributed by atoms with Crippen LogP contribution < -0.4 is 11.5 Å². The number of nitrogens with two attached hydrogens (primary N) is 2. The van der Waals surface area contributed by atoms with Gasteiger partial charge in [0.25, 0.3) is 0 Å². The molecule has 0 saturated carbocycles. The predicted octanol–water partition coefficient (Wildman–Crippen LogP) is 0.749. The summed E-state index contributed by atoms with van der Waals surface area (Å²) in [6, 6.07) is 4.71. The predicted molar refractivity (Wildman–Crippen MR) is 55.9 cm³/mol. The lowest BCUT2D eigenvalue weighted by Gasteiger charge is -1.98. The molecule has 1 aromatic carbocycles. The van der Waals surface area contributed by atoms with Gasteiger partial charge in [0.05, 0.1) is 11.6 Å². The van der Waals surface area contributed by atoms with E-state index in [9.17, 15) is 4.79 Å². The van der Waals surface area contributed by atoms with Crippen molar-refractivity contribution in [2.24, 2.45) is 11.5 Å². The summed E-state index contributed by atoms with van der Waals surface area (Å²) in [4.78, 5) is 10.8. The molecule has 0 atom stereocenters. The van der Waals surface area contributed by atoms with Crippen LogP contribution in [0.3, 0.4) is 0 Å². The number of carbonyl (C=O) groups is 1. The summed E-state index contributed by atoms with van der Waals surface area (Å²) in [5.74, 6) is 4.94. The normalized spacial score (nSPS) is 9.00. The number of benzene rings is 1. The summed E-state index contributed by atoms with van der Waals surface area (Å²) in [5, 5.41) is 0.405. The molecule has 1 aromatic rings. The van der Waals surface area contributed by atoms with Gasteiger partial charge in [-0.3, -0.25) is 4.79 Å². The number of rotatable bonds is 1. The van der Waals surface area contributed by atoms with Crippen molar-refractivity contribution in [2.45, 2.75) is 0 Å². The molecular formula is C10H9ClN2O. The van der Waals surface area contributed by atoms with Gasteiger partial charge >= 0.3 is 0 Å². The highest BCUT2D eigenvalue weighted by molar-refractivity contribution is 6.32. The highest BCUT2D eigenvalue weighted by Gasteiger charge is 2.03. The van der Waals surface area contributed by atoms with Crippen molar-refractivity contribution in [1.82, 2.24) is 0 Å². The molecule has 0 aliphatic rings. The highest BCUT2D eigenvalue weighted by Crippen LogP contribution is 2.16. The second kappa shape index (κ2) is 4.66. The number of hydrogen-bond acceptors (Lipinski definition) is 2. The van der Waals surface area contributed by atoms with Crippen molar-refractivity contribution >= 4 is 17.5 Å². The smallest absolute Gasteiger partial charge is 0.248 e. The van der Waals surface area contributed by atoms with Crippen molar-refractivity contribution in [2.75, 3.05) is 6.54 Å². The molecule has 72 valence electrons. The van der Waals surface area contributed by atoms with Gasteiger partial charge in [-0.05, 0) is 18.2 Å². The van der Waals surface area contributed by atoms with Crippen molar-refractivity contribution in [3.05, 3.63) is 34.3 Å². The lowest BCUT2D eigenvalue weighted by Crippen LogP contribution is -2.10. The van der Waals surface area contributed by atoms with Crippen molar-refractivity contribution in [3.63, 3.8) is 0 Å². The summed E-state index contributed by atoms with van der Waals surface area (Å²) in [5.41, 5.74) is 11.3. The maximum atomic E-state index is 10.8. The van der Waals surface area contributed by atoms with Crippen LogP contribution in [0.15, 0.2) is 18.2 Å². The van der Waals surface area contributed by atoms with Crippen LogP contribution in [0.25, 0.3) is 0 Å². The average molecular weight is 209 g/mol. The van der Waals surface area contributed by atoms with E-state index in [4.69, 9.17) is 23.1 Å². The van der Waals surface area contributed by atoms with Crippen LogP contribution in [0.5, 0.6) is 0 Å². The number of amides is 1. The van der Waals surface area contributed by atoms with E-state index in [1.54, 1.807) is 12.1 Å². The summed E-state index contributed by atoms with van der Waals surface area (Å²) < 4.78 is 0. The van der Waals surface area contributed by atoms with E-state index in [-0.39, 0.29) is 6.54 Å². The fourth-order valence-corrected chi connectivity index (χ4v) is 1.14. The Kier molecular flexibility index (Phi) is 3.52. The molecule has 4 heteroatoms. The third kappa shape index (κ3) is 2.49. The van der Waals surface area contributed by atoms with Crippen molar-refractivity contribution in [3.8, 4) is 11.8 Å². The summed E-state index contributed by atoms with van der Waals surface area (Å²) in [7, 11) is 0. The van der Waals surface area contributed by atoms with Crippen molar-refractivity contribution in [1.29, 1.82) is 0 Å². The first-order chi connectivity index (χ1) is 6.65. The number of carbonyl (C=O) groups excluding carboxylic acids is 1. The van der Waals surface area contributed by atoms with Gasteiger partial charge in [0.1, 0.15) is 0 Å². The van der Waals surface area contributed by atoms with Crippen LogP contribution in [0.1, 0.15) is 15.9 Å². The Labute approximate surface area is 87.0 Å². The molecule has 0 heterocycles. The lowest BCUT2D eigenvalue weighted by atomic mass is 10.1. The number of hydrogen-bond donors (Lipinski definition) is 2. The zero-order chi connectivity index (χ0) is 10.6. The lowest BCUT2D eigenvalue weighted by molar-refractivity contribution is 0.100. The number of halogens is 1. The zero-order valence-corrected chi connectivity index (χ0v) is 8.14. The van der Waals surface area contributed by atoms with Crippen LogP contribution in [0, 0.1) is 11.8 Å². The Bertz CT molecular complexity index is 418. The summed E-state index contributed by atoms with van der Waals surface area (Å²) >= 11 is 5.86. The standard InChI is InChI=1S/C10H9ClN2O/c11-9-6-8(10(13)14)4-3-7(9)2-1-5-12/h3-4,6H,5,12H2,(H2,13,14). The zero-order valence-electron chi connectivity index (χ0n) is 7.38. The van der Waals surface area contributed by atoms with Gasteiger partial charge in [0, 0.05) is 11.1 Å². The second-order valence-electron chi connectivity index (χ2n) is 2.56. The first-order valence-corrected chi connectivity index (χ1v) is 4.31. The van der Waals surface area contributed by atoms with Gasteiger partial charge in [0.15, 0.2) is 0 Å². The van der Waals surface area contributed by atoms with Crippen LogP contribution in [-0.4, -0.2) is 12.5 Å². The van der Waals surface area contributed by atoms with Crippen molar-refractivity contribution < 1.29 is 4.79 Å². The third-order valence-electron chi connectivity index (χ3n) is 1.58. The van der Waals surface area contributed by atoms with E-state index in [1.807, 2.05) is 0 Å².